The zero-order valence-corrected chi connectivity index (χ0v) is 19.0. The Morgan fingerprint density at radius 3 is 2.62 bits per heavy atom. The molecule has 0 bridgehead atoms. The van der Waals surface area contributed by atoms with E-state index in [0.717, 1.165) is 43.9 Å². The second kappa shape index (κ2) is 11.1. The lowest BCUT2D eigenvalue weighted by Crippen LogP contribution is -2.48. The predicted octanol–water partition coefficient (Wildman–Crippen LogP) is 2.56. The Bertz CT molecular complexity index is 1210. The van der Waals surface area contributed by atoms with Gasteiger partial charge in [0.25, 0.3) is 0 Å². The summed E-state index contributed by atoms with van der Waals surface area (Å²) in [6.45, 7) is 3.57. The second-order valence-electron chi connectivity index (χ2n) is 7.96. The molecule has 2 amide bonds. The molecule has 3 aromatic rings. The molecule has 3 heterocycles. The first kappa shape index (κ1) is 22.9. The first-order chi connectivity index (χ1) is 16.6. The number of amides is 2. The quantitative estimate of drug-likeness (QED) is 0.464. The van der Waals surface area contributed by atoms with Crippen LogP contribution in [0.25, 0.3) is 0 Å². The third-order valence-electron chi connectivity index (χ3n) is 5.55. The third kappa shape index (κ3) is 6.17. The van der Waals surface area contributed by atoms with Crippen LogP contribution in [0.3, 0.4) is 0 Å². The van der Waals surface area contributed by atoms with E-state index in [1.54, 1.807) is 30.7 Å². The molecular formula is C26H26N6O2. The minimum atomic E-state index is -0.694. The highest BCUT2D eigenvalue weighted by molar-refractivity contribution is 6.39. The summed E-state index contributed by atoms with van der Waals surface area (Å²) in [7, 11) is 0. The van der Waals surface area contributed by atoms with Crippen molar-refractivity contribution in [3.63, 3.8) is 0 Å². The Morgan fingerprint density at radius 2 is 1.85 bits per heavy atom. The molecule has 8 nitrogen and oxygen atoms in total. The number of nitrogens with one attached hydrogen (secondary N) is 2. The molecule has 0 atom stereocenters. The van der Waals surface area contributed by atoms with Gasteiger partial charge in [-0.15, -0.1) is 0 Å². The fraction of sp³-hybridized carbons (Fsp3) is 0.269. The summed E-state index contributed by atoms with van der Waals surface area (Å²) in [6.07, 6.45) is 5.61. The van der Waals surface area contributed by atoms with Crippen LogP contribution in [0.15, 0.2) is 61.1 Å². The van der Waals surface area contributed by atoms with Crippen molar-refractivity contribution < 1.29 is 9.59 Å². The topological polar surface area (TPSA) is 100 Å². The van der Waals surface area contributed by atoms with Crippen LogP contribution in [0.2, 0.25) is 0 Å². The molecule has 2 aromatic heterocycles. The molecular weight excluding hydrogens is 428 g/mol. The molecule has 1 saturated heterocycles. The number of piperidine rings is 1. The summed E-state index contributed by atoms with van der Waals surface area (Å²) >= 11 is 0. The van der Waals surface area contributed by atoms with Gasteiger partial charge in [-0.1, -0.05) is 25.0 Å². The lowest BCUT2D eigenvalue weighted by molar-refractivity contribution is -0.136. The van der Waals surface area contributed by atoms with Crippen LogP contribution in [0, 0.1) is 11.8 Å². The van der Waals surface area contributed by atoms with Gasteiger partial charge in [-0.2, -0.15) is 0 Å². The average Bonchev–Trinajstić information content (AvgIpc) is 2.89. The van der Waals surface area contributed by atoms with Crippen molar-refractivity contribution in [1.29, 1.82) is 0 Å². The van der Waals surface area contributed by atoms with Crippen molar-refractivity contribution in [2.24, 2.45) is 0 Å². The maximum atomic E-state index is 12.5. The lowest BCUT2D eigenvalue weighted by Gasteiger charge is -2.33. The zero-order chi connectivity index (χ0) is 23.8. The molecule has 0 saturated carbocycles. The third-order valence-corrected chi connectivity index (χ3v) is 5.55. The van der Waals surface area contributed by atoms with Gasteiger partial charge in [0.15, 0.2) is 0 Å². The van der Waals surface area contributed by atoms with Crippen LogP contribution in [0.4, 0.5) is 11.5 Å². The first-order valence-corrected chi connectivity index (χ1v) is 11.3. The lowest BCUT2D eigenvalue weighted by atomic mass is 10.0. The Kier molecular flexibility index (Phi) is 7.45. The number of anilines is 2. The van der Waals surface area contributed by atoms with E-state index >= 15 is 0 Å². The van der Waals surface area contributed by atoms with Gasteiger partial charge >= 0.3 is 11.8 Å². The SMILES string of the molecule is CCc1cc(N2CCC(NC(=O)C(=O)Nc3cccc(C#Cc4ccccn4)c3)CC2)ncn1. The highest BCUT2D eigenvalue weighted by Gasteiger charge is 2.24. The van der Waals surface area contributed by atoms with Crippen LogP contribution < -0.4 is 15.5 Å². The molecule has 0 unspecified atom stereocenters. The van der Waals surface area contributed by atoms with Gasteiger partial charge < -0.3 is 15.5 Å². The first-order valence-electron chi connectivity index (χ1n) is 11.3. The van der Waals surface area contributed by atoms with Gasteiger partial charge in [0.1, 0.15) is 17.8 Å². The normalized spacial score (nSPS) is 13.5. The summed E-state index contributed by atoms with van der Waals surface area (Å²) in [5.74, 6) is 5.56. The van der Waals surface area contributed by atoms with Gasteiger partial charge in [0.2, 0.25) is 0 Å². The highest BCUT2D eigenvalue weighted by atomic mass is 16.2. The smallest absolute Gasteiger partial charge is 0.313 e. The van der Waals surface area contributed by atoms with E-state index in [0.29, 0.717) is 16.9 Å². The molecule has 0 spiro atoms. The largest absolute Gasteiger partial charge is 0.356 e. The second-order valence-corrected chi connectivity index (χ2v) is 7.96. The number of hydrogen-bond donors (Lipinski definition) is 2. The van der Waals surface area contributed by atoms with E-state index in [-0.39, 0.29) is 6.04 Å². The molecule has 1 aromatic carbocycles. The Balaban J connectivity index is 1.28. The van der Waals surface area contributed by atoms with Crippen LogP contribution in [0.5, 0.6) is 0 Å². The van der Waals surface area contributed by atoms with E-state index in [1.807, 2.05) is 30.3 Å². The average molecular weight is 455 g/mol. The number of rotatable bonds is 4. The van der Waals surface area contributed by atoms with E-state index < -0.39 is 11.8 Å². The number of benzene rings is 1. The van der Waals surface area contributed by atoms with Crippen molar-refractivity contribution >= 4 is 23.3 Å². The van der Waals surface area contributed by atoms with Crippen molar-refractivity contribution in [1.82, 2.24) is 20.3 Å². The monoisotopic (exact) mass is 454 g/mol. The molecule has 1 aliphatic heterocycles. The standard InChI is InChI=1S/C26H26N6O2/c1-2-20-17-24(29-18-28-20)32-14-11-22(12-15-32)30-25(33)26(34)31-23-8-5-6-19(16-23)9-10-21-7-3-4-13-27-21/h3-8,13,16-18,22H,2,11-12,14-15H2,1H3,(H,30,33)(H,31,34). The fourth-order valence-electron chi connectivity index (χ4n) is 3.69. The number of pyridine rings is 1. The van der Waals surface area contributed by atoms with E-state index in [9.17, 15) is 9.59 Å². The zero-order valence-electron chi connectivity index (χ0n) is 19.0. The number of aromatic nitrogens is 3. The van der Waals surface area contributed by atoms with Crippen LogP contribution >= 0.6 is 0 Å². The van der Waals surface area contributed by atoms with Crippen molar-refractivity contribution in [2.75, 3.05) is 23.3 Å². The summed E-state index contributed by atoms with van der Waals surface area (Å²) in [4.78, 5) is 39.8. The number of nitrogens with zero attached hydrogens (tertiary/aromatic N) is 4. The molecule has 2 N–H and O–H groups in total. The molecule has 0 radical (unpaired) electrons. The number of aryl methyl sites for hydroxylation is 1. The van der Waals surface area contributed by atoms with Crippen LogP contribution in [-0.2, 0) is 16.0 Å². The van der Waals surface area contributed by atoms with E-state index in [2.05, 4.69) is 49.3 Å². The van der Waals surface area contributed by atoms with Gasteiger partial charge in [0.05, 0.1) is 0 Å². The van der Waals surface area contributed by atoms with Crippen molar-refractivity contribution in [3.05, 3.63) is 78.0 Å². The van der Waals surface area contributed by atoms with Gasteiger partial charge in [-0.05, 0) is 55.5 Å². The van der Waals surface area contributed by atoms with Crippen molar-refractivity contribution in [3.8, 4) is 11.8 Å². The molecule has 1 fully saturated rings. The molecule has 172 valence electrons. The maximum Gasteiger partial charge on any atom is 0.313 e. The highest BCUT2D eigenvalue weighted by Crippen LogP contribution is 2.18. The van der Waals surface area contributed by atoms with Gasteiger partial charge in [-0.3, -0.25) is 9.59 Å². The molecule has 8 heteroatoms. The predicted molar refractivity (Wildman–Crippen MR) is 130 cm³/mol. The minimum Gasteiger partial charge on any atom is -0.356 e. The van der Waals surface area contributed by atoms with E-state index in [4.69, 9.17) is 0 Å². The Labute approximate surface area is 198 Å². The molecule has 0 aliphatic carbocycles. The van der Waals surface area contributed by atoms with Gasteiger partial charge in [-0.25, -0.2) is 15.0 Å². The number of carbonyl (C=O) groups excluding carboxylic acids is 2. The van der Waals surface area contributed by atoms with Crippen LogP contribution in [0.1, 0.15) is 36.7 Å². The summed E-state index contributed by atoms with van der Waals surface area (Å²) in [5.41, 5.74) is 2.89. The van der Waals surface area contributed by atoms with Crippen LogP contribution in [-0.4, -0.2) is 45.9 Å². The Hall–Kier alpha value is -4.25. The molecule has 4 rings (SSSR count). The summed E-state index contributed by atoms with van der Waals surface area (Å²) in [5, 5.41) is 5.50. The number of carbonyl (C=O) groups is 2. The Morgan fingerprint density at radius 1 is 1.00 bits per heavy atom. The molecule has 1 aliphatic rings. The van der Waals surface area contributed by atoms with E-state index in [1.165, 1.54) is 0 Å². The van der Waals surface area contributed by atoms with Crippen molar-refractivity contribution in [2.45, 2.75) is 32.2 Å². The minimum absolute atomic E-state index is 0.0578. The number of hydrogen-bond acceptors (Lipinski definition) is 6. The maximum absolute atomic E-state index is 12.5. The summed E-state index contributed by atoms with van der Waals surface area (Å²) in [6, 6.07) is 14.5. The molecule has 34 heavy (non-hydrogen) atoms. The summed E-state index contributed by atoms with van der Waals surface area (Å²) < 4.78 is 0. The van der Waals surface area contributed by atoms with Gasteiger partial charge in [0, 0.05) is 48.3 Å². The fourth-order valence-corrected chi connectivity index (χ4v) is 3.69.